The minimum atomic E-state index is 0.892. The van der Waals surface area contributed by atoms with Crippen molar-refractivity contribution in [1.29, 1.82) is 0 Å². The minimum absolute atomic E-state index is 0.892. The normalized spacial score (nSPS) is 18.5. The van der Waals surface area contributed by atoms with Gasteiger partial charge in [-0.25, -0.2) is 4.98 Å². The monoisotopic (exact) mass is 236 g/mol. The zero-order valence-electron chi connectivity index (χ0n) is 11.0. The second-order valence-electron chi connectivity index (χ2n) is 5.01. The molecule has 4 nitrogen and oxygen atoms in total. The fourth-order valence-electron chi connectivity index (χ4n) is 2.49. The molecule has 1 aromatic rings. The molecule has 0 spiro atoms. The lowest BCUT2D eigenvalue weighted by Gasteiger charge is -2.29. The topological polar surface area (TPSA) is 33.1 Å². The van der Waals surface area contributed by atoms with Crippen molar-refractivity contribution in [2.24, 2.45) is 5.92 Å². The largest absolute Gasteiger partial charge is 0.356 e. The summed E-state index contributed by atoms with van der Waals surface area (Å²) in [5.74, 6) is 1.91. The maximum Gasteiger partial charge on any atom is 0.202 e. The second kappa shape index (κ2) is 6.05. The predicted octanol–water partition coefficient (Wildman–Crippen LogP) is 2.05. The SMILES string of the molecule is CCNc1nccn1CCC1CCN(C)CC1. The van der Waals surface area contributed by atoms with Gasteiger partial charge in [0.15, 0.2) is 0 Å². The average Bonchev–Trinajstić information content (AvgIpc) is 2.77. The zero-order valence-corrected chi connectivity index (χ0v) is 11.0. The van der Waals surface area contributed by atoms with E-state index in [1.165, 1.54) is 32.4 Å². The van der Waals surface area contributed by atoms with Gasteiger partial charge in [0, 0.05) is 25.5 Å². The smallest absolute Gasteiger partial charge is 0.202 e. The molecule has 96 valence electrons. The van der Waals surface area contributed by atoms with Crippen LogP contribution in [0.3, 0.4) is 0 Å². The highest BCUT2D eigenvalue weighted by Crippen LogP contribution is 2.20. The minimum Gasteiger partial charge on any atom is -0.356 e. The van der Waals surface area contributed by atoms with E-state index in [1.807, 2.05) is 6.20 Å². The Hall–Kier alpha value is -1.03. The predicted molar refractivity (Wildman–Crippen MR) is 71.2 cm³/mol. The van der Waals surface area contributed by atoms with Crippen molar-refractivity contribution in [1.82, 2.24) is 14.5 Å². The van der Waals surface area contributed by atoms with Crippen molar-refractivity contribution < 1.29 is 0 Å². The number of rotatable bonds is 5. The van der Waals surface area contributed by atoms with E-state index in [9.17, 15) is 0 Å². The molecule has 1 aromatic heterocycles. The average molecular weight is 236 g/mol. The molecule has 0 bridgehead atoms. The van der Waals surface area contributed by atoms with Gasteiger partial charge in [-0.1, -0.05) is 0 Å². The number of anilines is 1. The van der Waals surface area contributed by atoms with Crippen molar-refractivity contribution in [3.05, 3.63) is 12.4 Å². The molecule has 17 heavy (non-hydrogen) atoms. The number of hydrogen-bond donors (Lipinski definition) is 1. The fraction of sp³-hybridized carbons (Fsp3) is 0.769. The molecular weight excluding hydrogens is 212 g/mol. The highest BCUT2D eigenvalue weighted by molar-refractivity contribution is 5.25. The van der Waals surface area contributed by atoms with Crippen LogP contribution in [0.25, 0.3) is 0 Å². The maximum atomic E-state index is 4.33. The van der Waals surface area contributed by atoms with Crippen LogP contribution in [0.15, 0.2) is 12.4 Å². The van der Waals surface area contributed by atoms with Gasteiger partial charge in [0.2, 0.25) is 5.95 Å². The van der Waals surface area contributed by atoms with Gasteiger partial charge in [0.25, 0.3) is 0 Å². The van der Waals surface area contributed by atoms with Gasteiger partial charge < -0.3 is 14.8 Å². The van der Waals surface area contributed by atoms with E-state index in [0.717, 1.165) is 25.0 Å². The molecule has 1 N–H and O–H groups in total. The Balaban J connectivity index is 1.79. The standard InChI is InChI=1S/C13H24N4/c1-3-14-13-15-7-11-17(13)10-6-12-4-8-16(2)9-5-12/h7,11-12H,3-6,8-10H2,1-2H3,(H,14,15). The first kappa shape index (κ1) is 12.4. The number of aryl methyl sites for hydroxylation is 1. The third-order valence-corrected chi connectivity index (χ3v) is 3.67. The Morgan fingerprint density at radius 2 is 2.18 bits per heavy atom. The quantitative estimate of drug-likeness (QED) is 0.849. The van der Waals surface area contributed by atoms with Crippen molar-refractivity contribution in [3.8, 4) is 0 Å². The summed E-state index contributed by atoms with van der Waals surface area (Å²) in [6, 6.07) is 0. The van der Waals surface area contributed by atoms with Crippen LogP contribution >= 0.6 is 0 Å². The first-order valence-electron chi connectivity index (χ1n) is 6.73. The molecule has 0 radical (unpaired) electrons. The summed E-state index contributed by atoms with van der Waals surface area (Å²) < 4.78 is 2.24. The van der Waals surface area contributed by atoms with Crippen LogP contribution in [0.2, 0.25) is 0 Å². The van der Waals surface area contributed by atoms with Crippen LogP contribution in [0, 0.1) is 5.92 Å². The van der Waals surface area contributed by atoms with Crippen LogP contribution in [0.5, 0.6) is 0 Å². The Morgan fingerprint density at radius 1 is 1.41 bits per heavy atom. The summed E-state index contributed by atoms with van der Waals surface area (Å²) in [5, 5.41) is 3.29. The molecule has 2 rings (SSSR count). The number of nitrogens with one attached hydrogen (secondary N) is 1. The van der Waals surface area contributed by atoms with Crippen LogP contribution < -0.4 is 5.32 Å². The molecule has 0 unspecified atom stereocenters. The van der Waals surface area contributed by atoms with Crippen molar-refractivity contribution in [2.45, 2.75) is 32.7 Å². The van der Waals surface area contributed by atoms with Crippen molar-refractivity contribution >= 4 is 5.95 Å². The first-order chi connectivity index (χ1) is 8.29. The van der Waals surface area contributed by atoms with E-state index in [1.54, 1.807) is 0 Å². The lowest BCUT2D eigenvalue weighted by Crippen LogP contribution is -2.30. The Morgan fingerprint density at radius 3 is 2.88 bits per heavy atom. The van der Waals surface area contributed by atoms with Gasteiger partial charge in [-0.2, -0.15) is 0 Å². The molecule has 1 aliphatic heterocycles. The highest BCUT2D eigenvalue weighted by Gasteiger charge is 2.16. The van der Waals surface area contributed by atoms with Gasteiger partial charge in [0.05, 0.1) is 0 Å². The van der Waals surface area contributed by atoms with E-state index in [0.29, 0.717) is 0 Å². The third kappa shape index (κ3) is 3.46. The number of likely N-dealkylation sites (tertiary alicyclic amines) is 1. The summed E-state index contributed by atoms with van der Waals surface area (Å²) in [6.07, 6.45) is 7.94. The number of aromatic nitrogens is 2. The first-order valence-corrected chi connectivity index (χ1v) is 6.73. The molecule has 0 aromatic carbocycles. The van der Waals surface area contributed by atoms with Gasteiger partial charge in [-0.15, -0.1) is 0 Å². The lowest BCUT2D eigenvalue weighted by atomic mass is 9.94. The van der Waals surface area contributed by atoms with Crippen molar-refractivity contribution in [3.63, 3.8) is 0 Å². The summed E-state index contributed by atoms with van der Waals surface area (Å²) in [5.41, 5.74) is 0. The van der Waals surface area contributed by atoms with Crippen LogP contribution in [-0.4, -0.2) is 41.1 Å². The molecule has 0 aliphatic carbocycles. The fourth-order valence-corrected chi connectivity index (χ4v) is 2.49. The molecule has 2 heterocycles. The number of imidazole rings is 1. The Bertz CT molecular complexity index is 326. The number of nitrogens with zero attached hydrogens (tertiary/aromatic N) is 3. The van der Waals surface area contributed by atoms with Crippen LogP contribution in [-0.2, 0) is 6.54 Å². The Labute approximate surface area is 104 Å². The highest BCUT2D eigenvalue weighted by atomic mass is 15.2. The Kier molecular flexibility index (Phi) is 4.42. The van der Waals surface area contributed by atoms with E-state index in [2.05, 4.69) is 39.9 Å². The van der Waals surface area contributed by atoms with E-state index >= 15 is 0 Å². The molecule has 0 amide bonds. The molecule has 1 aliphatic rings. The lowest BCUT2D eigenvalue weighted by molar-refractivity contribution is 0.208. The zero-order chi connectivity index (χ0) is 12.1. The number of piperidine rings is 1. The maximum absolute atomic E-state index is 4.33. The third-order valence-electron chi connectivity index (χ3n) is 3.67. The number of hydrogen-bond acceptors (Lipinski definition) is 3. The summed E-state index contributed by atoms with van der Waals surface area (Å²) in [6.45, 7) is 6.65. The van der Waals surface area contributed by atoms with Crippen molar-refractivity contribution in [2.75, 3.05) is 32.0 Å². The van der Waals surface area contributed by atoms with E-state index in [-0.39, 0.29) is 0 Å². The summed E-state index contributed by atoms with van der Waals surface area (Å²) in [4.78, 5) is 6.75. The van der Waals surface area contributed by atoms with Crippen LogP contribution in [0.1, 0.15) is 26.2 Å². The van der Waals surface area contributed by atoms with Gasteiger partial charge in [0.1, 0.15) is 0 Å². The molecular formula is C13H24N4. The molecule has 0 saturated carbocycles. The molecule has 4 heteroatoms. The molecule has 1 saturated heterocycles. The molecule has 1 fully saturated rings. The molecule has 0 atom stereocenters. The van der Waals surface area contributed by atoms with Gasteiger partial charge in [-0.05, 0) is 52.2 Å². The van der Waals surface area contributed by atoms with Gasteiger partial charge in [-0.3, -0.25) is 0 Å². The van der Waals surface area contributed by atoms with Gasteiger partial charge >= 0.3 is 0 Å². The summed E-state index contributed by atoms with van der Waals surface area (Å²) >= 11 is 0. The van der Waals surface area contributed by atoms with Crippen LogP contribution in [0.4, 0.5) is 5.95 Å². The van der Waals surface area contributed by atoms with E-state index in [4.69, 9.17) is 0 Å². The second-order valence-corrected chi connectivity index (χ2v) is 5.01. The summed E-state index contributed by atoms with van der Waals surface area (Å²) in [7, 11) is 2.22. The van der Waals surface area contributed by atoms with E-state index < -0.39 is 0 Å².